The minimum atomic E-state index is -0.715. The fourth-order valence-corrected chi connectivity index (χ4v) is 6.19. The molecular weight excluding hydrogens is 544 g/mol. The quantitative estimate of drug-likeness (QED) is 0.188. The molecule has 0 bridgehead atoms. The second-order valence-electron chi connectivity index (χ2n) is 10.6. The second kappa shape index (κ2) is 10.3. The molecule has 210 valence electrons. The zero-order valence-electron chi connectivity index (χ0n) is 36.6. The highest BCUT2D eigenvalue weighted by molar-refractivity contribution is 6.21. The highest BCUT2D eigenvalue weighted by atomic mass is 15.1. The Labute approximate surface area is 279 Å². The molecular formula is C43H28N2. The Bertz CT molecular complexity index is 3150. The van der Waals surface area contributed by atoms with Gasteiger partial charge in [-0.2, -0.15) is 0 Å². The first-order valence-electron chi connectivity index (χ1n) is 20.8. The summed E-state index contributed by atoms with van der Waals surface area (Å²) in [6.07, 6.45) is 0. The average Bonchev–Trinajstić information content (AvgIpc) is 3.63. The van der Waals surface area contributed by atoms with Gasteiger partial charge < -0.3 is 0 Å². The van der Waals surface area contributed by atoms with E-state index in [9.17, 15) is 5.48 Å². The molecule has 45 heavy (non-hydrogen) atoms. The zero-order valence-corrected chi connectivity index (χ0v) is 23.6. The molecule has 0 saturated carbocycles. The topological polar surface area (TPSA) is 17.8 Å². The van der Waals surface area contributed by atoms with Gasteiger partial charge in [-0.3, -0.25) is 4.57 Å². The summed E-state index contributed by atoms with van der Waals surface area (Å²) in [7, 11) is 0. The van der Waals surface area contributed by atoms with Crippen molar-refractivity contribution >= 4 is 43.4 Å². The molecule has 2 heteroatoms. The molecule has 8 aromatic carbocycles. The van der Waals surface area contributed by atoms with Crippen LogP contribution in [0.2, 0.25) is 0 Å². The lowest BCUT2D eigenvalue weighted by atomic mass is 9.86. The SMILES string of the molecule is [2H]c1c([2H])c([2H])c(-c2c3c([2H])c([2H])c([2H])c([2H])c3c(-c3ccc(-c4nc5ccccc5n4-c4cccc5ccccc45)cc3)c3c([2H])c([2H])c([2H])c([2H])c23)c([2H])c1[2H]. The van der Waals surface area contributed by atoms with Crippen molar-refractivity contribution in [3.63, 3.8) is 0 Å². The first-order valence-corrected chi connectivity index (χ1v) is 14.3. The van der Waals surface area contributed by atoms with Crippen LogP contribution in [0.15, 0.2) is 170 Å². The minimum Gasteiger partial charge on any atom is -0.292 e. The van der Waals surface area contributed by atoms with Gasteiger partial charge in [0.1, 0.15) is 5.82 Å². The maximum Gasteiger partial charge on any atom is 0.145 e. The first-order chi connectivity index (χ1) is 27.7. The van der Waals surface area contributed by atoms with Gasteiger partial charge in [-0.25, -0.2) is 4.98 Å². The van der Waals surface area contributed by atoms with Crippen molar-refractivity contribution in [2.75, 3.05) is 0 Å². The number of nitrogens with zero attached hydrogens (tertiary/aromatic N) is 2. The summed E-state index contributed by atoms with van der Waals surface area (Å²) in [4.78, 5) is 5.03. The maximum atomic E-state index is 9.23. The molecule has 0 aliphatic heterocycles. The molecule has 0 fully saturated rings. The Morgan fingerprint density at radius 1 is 0.444 bits per heavy atom. The van der Waals surface area contributed by atoms with Crippen molar-refractivity contribution in [1.82, 2.24) is 9.55 Å². The highest BCUT2D eigenvalue weighted by Crippen LogP contribution is 2.44. The van der Waals surface area contributed by atoms with E-state index in [0.29, 0.717) is 17.0 Å². The van der Waals surface area contributed by atoms with Gasteiger partial charge in [-0.05, 0) is 67.4 Å². The van der Waals surface area contributed by atoms with Crippen LogP contribution in [-0.4, -0.2) is 9.55 Å². The molecule has 0 N–H and O–H groups in total. The van der Waals surface area contributed by atoms with Gasteiger partial charge in [0.25, 0.3) is 0 Å². The van der Waals surface area contributed by atoms with Gasteiger partial charge in [0.2, 0.25) is 0 Å². The van der Waals surface area contributed by atoms with Crippen LogP contribution >= 0.6 is 0 Å². The lowest BCUT2D eigenvalue weighted by Gasteiger charge is -2.18. The molecule has 0 radical (unpaired) electrons. The number of hydrogen-bond acceptors (Lipinski definition) is 1. The molecule has 0 spiro atoms. The zero-order chi connectivity index (χ0) is 41.1. The van der Waals surface area contributed by atoms with Gasteiger partial charge in [0.15, 0.2) is 0 Å². The molecule has 0 atom stereocenters. The van der Waals surface area contributed by atoms with E-state index in [4.69, 9.17) is 17.3 Å². The molecule has 0 aliphatic carbocycles. The minimum absolute atomic E-state index is 0.0641. The number of fused-ring (bicyclic) bond motifs is 4. The van der Waals surface area contributed by atoms with Gasteiger partial charge in [0, 0.05) is 10.9 Å². The summed E-state index contributed by atoms with van der Waals surface area (Å²) in [6, 6.07) is 20.4. The van der Waals surface area contributed by atoms with Crippen molar-refractivity contribution in [2.24, 2.45) is 0 Å². The summed E-state index contributed by atoms with van der Waals surface area (Å²) < 4.78 is 116. The van der Waals surface area contributed by atoms with E-state index in [2.05, 4.69) is 4.57 Å². The second-order valence-corrected chi connectivity index (χ2v) is 10.6. The van der Waals surface area contributed by atoms with Crippen LogP contribution in [0.3, 0.4) is 0 Å². The Kier molecular flexibility index (Phi) is 3.59. The third kappa shape index (κ3) is 4.07. The summed E-state index contributed by atoms with van der Waals surface area (Å²) >= 11 is 0. The monoisotopic (exact) mass is 585 g/mol. The summed E-state index contributed by atoms with van der Waals surface area (Å²) in [5.41, 5.74) is 2.84. The molecule has 9 aromatic rings. The Morgan fingerprint density at radius 2 is 1.00 bits per heavy atom. The number of rotatable bonds is 4. The molecule has 0 aliphatic rings. The van der Waals surface area contributed by atoms with Crippen LogP contribution in [0.4, 0.5) is 0 Å². The van der Waals surface area contributed by atoms with Crippen molar-refractivity contribution in [1.29, 1.82) is 0 Å². The number of para-hydroxylation sites is 2. The van der Waals surface area contributed by atoms with E-state index in [-0.39, 0.29) is 32.7 Å². The maximum absolute atomic E-state index is 9.23. The van der Waals surface area contributed by atoms with E-state index < -0.39 is 84.1 Å². The molecule has 1 aromatic heterocycles. The molecule has 9 rings (SSSR count). The van der Waals surface area contributed by atoms with Crippen molar-refractivity contribution in [3.05, 3.63) is 170 Å². The van der Waals surface area contributed by atoms with Gasteiger partial charge >= 0.3 is 0 Å². The van der Waals surface area contributed by atoms with E-state index >= 15 is 0 Å². The fourth-order valence-electron chi connectivity index (χ4n) is 6.19. The van der Waals surface area contributed by atoms with E-state index in [0.717, 1.165) is 27.5 Å². The Hall–Kier alpha value is -5.99. The standard InChI is InChI=1S/C43H28N2/c1-2-14-30(15-3-1)41-34-18-6-8-20-36(34)42(37-21-9-7-19-35(37)41)31-25-27-32(28-26-31)43-44-38-22-10-11-23-40(38)45(43)39-24-12-16-29-13-4-5-17-33(29)39/h1-28H/i1D,2D,3D,6D,7D,8D,9D,14D,15D,18D,19D,20D,21D. The van der Waals surface area contributed by atoms with Crippen molar-refractivity contribution in [3.8, 4) is 39.3 Å². The summed E-state index contributed by atoms with van der Waals surface area (Å²) in [5, 5.41) is 1.27. The molecule has 1 heterocycles. The van der Waals surface area contributed by atoms with E-state index in [1.165, 1.54) is 0 Å². The third-order valence-corrected chi connectivity index (χ3v) is 8.13. The summed E-state index contributed by atoms with van der Waals surface area (Å²) in [6.45, 7) is 0. The number of hydrogen-bond donors (Lipinski definition) is 0. The predicted molar refractivity (Wildman–Crippen MR) is 190 cm³/mol. The fraction of sp³-hybridized carbons (Fsp3) is 0. The lowest BCUT2D eigenvalue weighted by molar-refractivity contribution is 1.11. The normalized spacial score (nSPS) is 15.6. The predicted octanol–water partition coefficient (Wildman–Crippen LogP) is 11.5. The number of aromatic nitrogens is 2. The Balaban J connectivity index is 1.41. The van der Waals surface area contributed by atoms with Crippen LogP contribution in [0.25, 0.3) is 82.7 Å². The van der Waals surface area contributed by atoms with Gasteiger partial charge in [0.05, 0.1) is 34.5 Å². The Morgan fingerprint density at radius 3 is 1.71 bits per heavy atom. The van der Waals surface area contributed by atoms with Crippen LogP contribution in [-0.2, 0) is 0 Å². The smallest absolute Gasteiger partial charge is 0.145 e. The number of imidazole rings is 1. The number of benzene rings is 8. The first kappa shape index (κ1) is 15.7. The van der Waals surface area contributed by atoms with Crippen LogP contribution in [0.5, 0.6) is 0 Å². The molecule has 0 unspecified atom stereocenters. The summed E-state index contributed by atoms with van der Waals surface area (Å²) in [5.74, 6) is 0.610. The highest BCUT2D eigenvalue weighted by Gasteiger charge is 2.19. The molecule has 0 saturated heterocycles. The largest absolute Gasteiger partial charge is 0.292 e. The van der Waals surface area contributed by atoms with Crippen molar-refractivity contribution in [2.45, 2.75) is 0 Å². The van der Waals surface area contributed by atoms with Gasteiger partial charge in [-0.1, -0.05) is 151 Å². The van der Waals surface area contributed by atoms with Gasteiger partial charge in [-0.15, -0.1) is 0 Å². The molecule has 2 nitrogen and oxygen atoms in total. The van der Waals surface area contributed by atoms with E-state index in [1.54, 1.807) is 24.3 Å². The average molecular weight is 586 g/mol. The van der Waals surface area contributed by atoms with Crippen LogP contribution in [0.1, 0.15) is 17.8 Å². The van der Waals surface area contributed by atoms with Crippen molar-refractivity contribution < 1.29 is 17.8 Å². The third-order valence-electron chi connectivity index (χ3n) is 8.13. The molecule has 0 amide bonds. The lowest BCUT2D eigenvalue weighted by Crippen LogP contribution is -1.98. The van der Waals surface area contributed by atoms with Crippen LogP contribution < -0.4 is 0 Å². The van der Waals surface area contributed by atoms with Crippen LogP contribution in [0, 0.1) is 0 Å². The van der Waals surface area contributed by atoms with E-state index in [1.807, 2.05) is 66.7 Å².